The monoisotopic (exact) mass is 655 g/mol. The molecule has 14 nitrogen and oxygen atoms in total. The first-order valence-electron chi connectivity index (χ1n) is 16.3. The minimum Gasteiger partial charge on any atom is -0.368 e. The van der Waals surface area contributed by atoms with Crippen molar-refractivity contribution >= 4 is 52.2 Å². The maximum absolute atomic E-state index is 14.7. The second-order valence-electron chi connectivity index (χ2n) is 12.7. The highest BCUT2D eigenvalue weighted by atomic mass is 19.1. The summed E-state index contributed by atoms with van der Waals surface area (Å²) in [5.74, 6) is 0.540. The molecule has 6 heterocycles. The molecule has 4 aromatic heterocycles. The number of carbonyl (C=O) groups excluding carboxylic acids is 3. The third-order valence-corrected chi connectivity index (χ3v) is 9.26. The fraction of sp³-hybridized carbons (Fsp3) is 0.424. The summed E-state index contributed by atoms with van der Waals surface area (Å²) in [6.45, 7) is 3.48. The third-order valence-electron chi connectivity index (χ3n) is 9.26. The van der Waals surface area contributed by atoms with E-state index in [-0.39, 0.29) is 30.8 Å². The Labute approximate surface area is 277 Å². The normalized spacial score (nSPS) is 17.6. The molecule has 250 valence electrons. The van der Waals surface area contributed by atoms with Gasteiger partial charge < -0.3 is 19.7 Å². The molecule has 48 heavy (non-hydrogen) atoms. The number of urea groups is 1. The summed E-state index contributed by atoms with van der Waals surface area (Å²) in [5, 5.41) is 6.33. The molecule has 2 aliphatic heterocycles. The van der Waals surface area contributed by atoms with Crippen LogP contribution in [0, 0.1) is 5.82 Å². The van der Waals surface area contributed by atoms with E-state index in [1.165, 1.54) is 4.90 Å². The summed E-state index contributed by atoms with van der Waals surface area (Å²) in [6, 6.07) is 7.06. The van der Waals surface area contributed by atoms with Gasteiger partial charge in [0.1, 0.15) is 28.8 Å². The average Bonchev–Trinajstić information content (AvgIpc) is 3.74. The van der Waals surface area contributed by atoms with E-state index in [2.05, 4.69) is 40.0 Å². The van der Waals surface area contributed by atoms with Gasteiger partial charge in [-0.25, -0.2) is 24.1 Å². The van der Waals surface area contributed by atoms with Gasteiger partial charge in [-0.15, -0.1) is 0 Å². The molecule has 15 heteroatoms. The Hall–Kier alpha value is -5.18. The summed E-state index contributed by atoms with van der Waals surface area (Å²) >= 11 is 0. The highest BCUT2D eigenvalue weighted by Crippen LogP contribution is 2.35. The number of carbonyl (C=O) groups is 3. The summed E-state index contributed by atoms with van der Waals surface area (Å²) in [5.41, 5.74) is 2.81. The van der Waals surface area contributed by atoms with Crippen LogP contribution in [0.25, 0.3) is 11.0 Å². The third kappa shape index (κ3) is 6.37. The molecular formula is C33H38FN11O3. The number of hydrogen-bond acceptors (Lipinski definition) is 10. The van der Waals surface area contributed by atoms with Crippen LogP contribution in [0.5, 0.6) is 0 Å². The Bertz CT molecular complexity index is 1850. The van der Waals surface area contributed by atoms with E-state index in [1.807, 2.05) is 24.4 Å². The smallest absolute Gasteiger partial charge is 0.329 e. The number of halogens is 1. The zero-order valence-corrected chi connectivity index (χ0v) is 27.0. The lowest BCUT2D eigenvalue weighted by Gasteiger charge is -2.36. The molecule has 4 amide bonds. The van der Waals surface area contributed by atoms with Crippen molar-refractivity contribution < 1.29 is 18.8 Å². The topological polar surface area (TPSA) is 145 Å². The molecule has 0 bridgehead atoms. The van der Waals surface area contributed by atoms with Crippen LogP contribution in [0.2, 0.25) is 0 Å². The number of nitrogens with one attached hydrogen (secondary N) is 2. The van der Waals surface area contributed by atoms with Crippen molar-refractivity contribution in [2.24, 2.45) is 0 Å². The zero-order chi connectivity index (χ0) is 33.4. The van der Waals surface area contributed by atoms with Crippen LogP contribution < -0.4 is 20.4 Å². The molecule has 3 fully saturated rings. The molecule has 3 aliphatic rings. The van der Waals surface area contributed by atoms with Gasteiger partial charge in [0.25, 0.3) is 5.91 Å². The van der Waals surface area contributed by atoms with Gasteiger partial charge in [0, 0.05) is 83.0 Å². The van der Waals surface area contributed by atoms with Crippen LogP contribution in [-0.4, -0.2) is 99.0 Å². The molecule has 0 unspecified atom stereocenters. The van der Waals surface area contributed by atoms with Crippen molar-refractivity contribution in [3.05, 3.63) is 59.9 Å². The summed E-state index contributed by atoms with van der Waals surface area (Å²) in [6.07, 6.45) is 9.18. The molecule has 7 rings (SSSR count). The second-order valence-corrected chi connectivity index (χ2v) is 12.7. The number of nitrogens with zero attached hydrogens (tertiary/aromatic N) is 9. The van der Waals surface area contributed by atoms with E-state index in [0.29, 0.717) is 48.5 Å². The first-order valence-corrected chi connectivity index (χ1v) is 16.3. The Kier molecular flexibility index (Phi) is 8.60. The molecule has 4 aromatic rings. The van der Waals surface area contributed by atoms with Crippen LogP contribution in [0.4, 0.5) is 32.5 Å². The van der Waals surface area contributed by atoms with Gasteiger partial charge in [-0.1, -0.05) is 12.8 Å². The summed E-state index contributed by atoms with van der Waals surface area (Å²) in [7, 11) is 3.52. The SMILES string of the molecule is CN(C)C(=O)c1cc2cnc(Nc3ccc(N4CCN(Cc5cc(N6CCC(=O)NC6=O)ncc5F)CC4)cn3)nc2n1C1CCCC1. The van der Waals surface area contributed by atoms with E-state index >= 15 is 0 Å². The Morgan fingerprint density at radius 3 is 2.50 bits per heavy atom. The molecule has 2 N–H and O–H groups in total. The Morgan fingerprint density at radius 1 is 1.00 bits per heavy atom. The van der Waals surface area contributed by atoms with Crippen molar-refractivity contribution in [1.82, 2.24) is 39.6 Å². The quantitative estimate of drug-likeness (QED) is 0.288. The second kappa shape index (κ2) is 13.1. The van der Waals surface area contributed by atoms with Gasteiger partial charge in [0.05, 0.1) is 18.1 Å². The first-order chi connectivity index (χ1) is 23.2. The molecule has 0 spiro atoms. The average molecular weight is 656 g/mol. The molecular weight excluding hydrogens is 617 g/mol. The predicted octanol–water partition coefficient (Wildman–Crippen LogP) is 3.69. The zero-order valence-electron chi connectivity index (χ0n) is 27.0. The standard InChI is InChI=1S/C33H38FN11O3/c1-41(2)31(47)26-15-21-17-37-32(40-30(21)45(26)23-5-3-4-6-23)38-27-8-7-24(18-35-27)43-13-11-42(12-14-43)20-22-16-28(36-19-25(22)34)44-10-9-29(46)39-33(44)48/h7-8,15-19,23H,3-6,9-14,20H2,1-2H3,(H,39,46,48)(H,35,37,38,40). The Morgan fingerprint density at radius 2 is 1.79 bits per heavy atom. The van der Waals surface area contributed by atoms with Crippen LogP contribution in [0.15, 0.2) is 42.9 Å². The van der Waals surface area contributed by atoms with Crippen molar-refractivity contribution in [3.63, 3.8) is 0 Å². The van der Waals surface area contributed by atoms with Gasteiger partial charge in [-0.3, -0.25) is 24.7 Å². The molecule has 1 saturated carbocycles. The maximum atomic E-state index is 14.7. The lowest BCUT2D eigenvalue weighted by Crippen LogP contribution is -2.50. The van der Waals surface area contributed by atoms with E-state index in [4.69, 9.17) is 4.98 Å². The number of fused-ring (bicyclic) bond motifs is 1. The molecule has 0 aromatic carbocycles. The van der Waals surface area contributed by atoms with Gasteiger partial charge >= 0.3 is 6.03 Å². The molecule has 0 atom stereocenters. The van der Waals surface area contributed by atoms with Crippen molar-refractivity contribution in [2.45, 2.75) is 44.7 Å². The largest absolute Gasteiger partial charge is 0.368 e. The lowest BCUT2D eigenvalue weighted by molar-refractivity contribution is -0.120. The van der Waals surface area contributed by atoms with Crippen molar-refractivity contribution in [2.75, 3.05) is 61.9 Å². The molecule has 2 saturated heterocycles. The summed E-state index contributed by atoms with van der Waals surface area (Å²) in [4.78, 5) is 62.1. The highest BCUT2D eigenvalue weighted by Gasteiger charge is 2.28. The number of imide groups is 1. The van der Waals surface area contributed by atoms with Gasteiger partial charge in [-0.05, 0) is 37.1 Å². The number of hydrogen-bond donors (Lipinski definition) is 2. The highest BCUT2D eigenvalue weighted by molar-refractivity contribution is 6.05. The molecule has 1 aliphatic carbocycles. The van der Waals surface area contributed by atoms with Gasteiger partial charge in [0.2, 0.25) is 11.9 Å². The minimum absolute atomic E-state index is 0.0471. The van der Waals surface area contributed by atoms with Crippen molar-refractivity contribution in [1.29, 1.82) is 0 Å². The lowest BCUT2D eigenvalue weighted by atomic mass is 10.2. The van der Waals surface area contributed by atoms with E-state index in [9.17, 15) is 18.8 Å². The maximum Gasteiger partial charge on any atom is 0.329 e. The van der Waals surface area contributed by atoms with Crippen LogP contribution in [0.1, 0.15) is 54.2 Å². The predicted molar refractivity (Wildman–Crippen MR) is 178 cm³/mol. The van der Waals surface area contributed by atoms with E-state index in [0.717, 1.165) is 61.7 Å². The number of aromatic nitrogens is 5. The number of pyridine rings is 2. The minimum atomic E-state index is -0.547. The van der Waals surface area contributed by atoms with Crippen LogP contribution in [0.3, 0.4) is 0 Å². The first kappa shape index (κ1) is 31.4. The summed E-state index contributed by atoms with van der Waals surface area (Å²) < 4.78 is 16.8. The fourth-order valence-electron chi connectivity index (χ4n) is 6.68. The van der Waals surface area contributed by atoms with Gasteiger partial charge in [0.15, 0.2) is 0 Å². The number of amides is 4. The Balaban J connectivity index is 0.986. The van der Waals surface area contributed by atoms with E-state index < -0.39 is 11.8 Å². The van der Waals surface area contributed by atoms with E-state index in [1.54, 1.807) is 31.3 Å². The van der Waals surface area contributed by atoms with Crippen LogP contribution in [-0.2, 0) is 11.3 Å². The number of rotatable bonds is 8. The van der Waals surface area contributed by atoms with Crippen molar-refractivity contribution in [3.8, 4) is 0 Å². The van der Waals surface area contributed by atoms with Crippen LogP contribution >= 0.6 is 0 Å². The molecule has 0 radical (unpaired) electrons. The van der Waals surface area contributed by atoms with Gasteiger partial charge in [-0.2, -0.15) is 4.98 Å². The fourth-order valence-corrected chi connectivity index (χ4v) is 6.68. The number of piperazine rings is 1. The number of anilines is 4.